The van der Waals surface area contributed by atoms with E-state index in [-0.39, 0.29) is 42.7 Å². The third-order valence-electron chi connectivity index (χ3n) is 7.93. The molecule has 0 spiro atoms. The molecule has 2 aromatic carbocycles. The van der Waals surface area contributed by atoms with Gasteiger partial charge in [-0.1, -0.05) is 31.5 Å². The molecule has 0 aromatic heterocycles. The second kappa shape index (κ2) is 12.7. The van der Waals surface area contributed by atoms with Gasteiger partial charge in [0.25, 0.3) is 5.91 Å². The van der Waals surface area contributed by atoms with Crippen molar-refractivity contribution in [2.45, 2.75) is 58.2 Å². The third-order valence-corrected chi connectivity index (χ3v) is 8.28. The van der Waals surface area contributed by atoms with Crippen molar-refractivity contribution >= 4 is 29.3 Å². The minimum Gasteiger partial charge on any atom is -0.454 e. The van der Waals surface area contributed by atoms with Gasteiger partial charge in [-0.2, -0.15) is 0 Å². The van der Waals surface area contributed by atoms with Crippen molar-refractivity contribution in [3.63, 3.8) is 0 Å². The van der Waals surface area contributed by atoms with E-state index in [4.69, 9.17) is 21.1 Å². The van der Waals surface area contributed by atoms with Crippen LogP contribution in [0.15, 0.2) is 30.3 Å². The number of ether oxygens (including phenoxy) is 2. The van der Waals surface area contributed by atoms with Crippen molar-refractivity contribution < 1.29 is 28.2 Å². The Balaban J connectivity index is 1.42. The molecule has 1 saturated heterocycles. The Morgan fingerprint density at radius 2 is 1.88 bits per heavy atom. The molecule has 1 fully saturated rings. The zero-order chi connectivity index (χ0) is 29.1. The van der Waals surface area contributed by atoms with Crippen molar-refractivity contribution in [2.75, 3.05) is 33.0 Å². The van der Waals surface area contributed by atoms with E-state index in [1.165, 1.54) is 11.0 Å². The van der Waals surface area contributed by atoms with Crippen LogP contribution >= 0.6 is 11.6 Å². The average molecular weight is 587 g/mol. The summed E-state index contributed by atoms with van der Waals surface area (Å²) >= 11 is 6.57. The first-order valence-corrected chi connectivity index (χ1v) is 14.5. The largest absolute Gasteiger partial charge is 0.454 e. The van der Waals surface area contributed by atoms with E-state index in [0.717, 1.165) is 11.1 Å². The standard InChI is InChI=1S/C30H36ClFN4O5/c1-18(2)24-15-35(14-20-12-26-27(13-22(20)31)41-17-40-26)16-28(37)33-9-3-5-19-7-8-23(32)21(11-19)30(39)36-10-4-6-25(36)29(38)34-24/h7-8,11-13,18,24-25H,3-6,9-10,14-17H2,1-2H3,(H,33,37)(H,34,38)/t24-,25-/m0/s1. The minimum absolute atomic E-state index is 0.0252. The number of halogens is 2. The predicted octanol–water partition coefficient (Wildman–Crippen LogP) is 3.52. The summed E-state index contributed by atoms with van der Waals surface area (Å²) in [6.07, 6.45) is 2.35. The SMILES string of the molecule is CC(C)[C@@H]1CN(Cc2cc3c(cc2Cl)OCO3)CC(=O)NCCCc2ccc(F)c(c2)C(=O)N2CCC[C@H]2C(=O)N1. The fourth-order valence-corrected chi connectivity index (χ4v) is 5.81. The topological polar surface area (TPSA) is 100 Å². The molecule has 3 heterocycles. The molecule has 2 N–H and O–H groups in total. The molecule has 41 heavy (non-hydrogen) atoms. The highest BCUT2D eigenvalue weighted by Gasteiger charge is 2.37. The monoisotopic (exact) mass is 586 g/mol. The summed E-state index contributed by atoms with van der Waals surface area (Å²) in [7, 11) is 0. The molecule has 9 nitrogen and oxygen atoms in total. The van der Waals surface area contributed by atoms with Crippen LogP contribution in [0, 0.1) is 11.7 Å². The van der Waals surface area contributed by atoms with E-state index in [9.17, 15) is 18.8 Å². The molecule has 2 bridgehead atoms. The molecular weight excluding hydrogens is 551 g/mol. The molecule has 0 unspecified atom stereocenters. The van der Waals surface area contributed by atoms with Gasteiger partial charge in [-0.3, -0.25) is 19.3 Å². The maximum Gasteiger partial charge on any atom is 0.257 e. The lowest BCUT2D eigenvalue weighted by Crippen LogP contribution is -2.53. The Morgan fingerprint density at radius 1 is 1.10 bits per heavy atom. The first-order chi connectivity index (χ1) is 19.7. The Bertz CT molecular complexity index is 1320. The Morgan fingerprint density at radius 3 is 2.66 bits per heavy atom. The van der Waals surface area contributed by atoms with E-state index < -0.39 is 17.8 Å². The Kier molecular flexibility index (Phi) is 8.99. The van der Waals surface area contributed by atoms with E-state index in [2.05, 4.69) is 10.6 Å². The van der Waals surface area contributed by atoms with E-state index in [1.807, 2.05) is 24.8 Å². The molecule has 0 aliphatic carbocycles. The molecule has 3 aliphatic heterocycles. The third kappa shape index (κ3) is 6.76. The molecule has 0 saturated carbocycles. The van der Waals surface area contributed by atoms with Gasteiger partial charge in [0.05, 0.1) is 12.1 Å². The number of hydrogen-bond donors (Lipinski definition) is 2. The van der Waals surface area contributed by atoms with Gasteiger partial charge in [0.1, 0.15) is 11.9 Å². The highest BCUT2D eigenvalue weighted by molar-refractivity contribution is 6.31. The van der Waals surface area contributed by atoms with Gasteiger partial charge >= 0.3 is 0 Å². The van der Waals surface area contributed by atoms with Gasteiger partial charge in [-0.15, -0.1) is 0 Å². The number of hydrogen-bond acceptors (Lipinski definition) is 6. The number of rotatable bonds is 3. The molecule has 2 atom stereocenters. The summed E-state index contributed by atoms with van der Waals surface area (Å²) in [6.45, 7) is 5.75. The molecular formula is C30H36ClFN4O5. The van der Waals surface area contributed by atoms with Crippen LogP contribution in [0.2, 0.25) is 5.02 Å². The Labute approximate surface area is 244 Å². The van der Waals surface area contributed by atoms with Crippen LogP contribution in [-0.2, 0) is 22.6 Å². The van der Waals surface area contributed by atoms with Crippen molar-refractivity contribution in [3.8, 4) is 11.5 Å². The number of carbonyl (C=O) groups is 3. The fourth-order valence-electron chi connectivity index (χ4n) is 5.59. The van der Waals surface area contributed by atoms with Crippen LogP contribution in [0.25, 0.3) is 0 Å². The number of nitrogens with one attached hydrogen (secondary N) is 2. The maximum atomic E-state index is 14.8. The average Bonchev–Trinajstić information content (AvgIpc) is 3.60. The van der Waals surface area contributed by atoms with Crippen molar-refractivity contribution in [3.05, 3.63) is 57.9 Å². The summed E-state index contributed by atoms with van der Waals surface area (Å²) in [5.41, 5.74) is 1.55. The molecule has 220 valence electrons. The van der Waals surface area contributed by atoms with Gasteiger partial charge in [0, 0.05) is 43.3 Å². The number of aryl methyl sites for hydroxylation is 1. The quantitative estimate of drug-likeness (QED) is 0.571. The summed E-state index contributed by atoms with van der Waals surface area (Å²) < 4.78 is 25.7. The van der Waals surface area contributed by atoms with Crippen molar-refractivity contribution in [1.29, 1.82) is 0 Å². The second-order valence-electron chi connectivity index (χ2n) is 11.2. The van der Waals surface area contributed by atoms with Crippen molar-refractivity contribution in [2.24, 2.45) is 5.92 Å². The highest BCUT2D eigenvalue weighted by Crippen LogP contribution is 2.37. The number of benzene rings is 2. The van der Waals surface area contributed by atoms with Gasteiger partial charge < -0.3 is 25.0 Å². The molecule has 3 aliphatic rings. The maximum absolute atomic E-state index is 14.8. The van der Waals surface area contributed by atoms with E-state index in [1.54, 1.807) is 18.2 Å². The van der Waals surface area contributed by atoms with Crippen LogP contribution in [0.1, 0.15) is 54.6 Å². The lowest BCUT2D eigenvalue weighted by atomic mass is 10.0. The summed E-state index contributed by atoms with van der Waals surface area (Å²) in [4.78, 5) is 43.5. The van der Waals surface area contributed by atoms with Gasteiger partial charge in [0.15, 0.2) is 11.5 Å². The predicted molar refractivity (Wildman–Crippen MR) is 151 cm³/mol. The fraction of sp³-hybridized carbons (Fsp3) is 0.500. The van der Waals surface area contributed by atoms with E-state index >= 15 is 0 Å². The first-order valence-electron chi connectivity index (χ1n) is 14.2. The number of carbonyl (C=O) groups excluding carboxylic acids is 3. The smallest absolute Gasteiger partial charge is 0.257 e. The van der Waals surface area contributed by atoms with Gasteiger partial charge in [0.2, 0.25) is 18.6 Å². The summed E-state index contributed by atoms with van der Waals surface area (Å²) in [5, 5.41) is 6.60. The summed E-state index contributed by atoms with van der Waals surface area (Å²) in [5.74, 6) is -0.308. The first kappa shape index (κ1) is 29.1. The molecule has 5 rings (SSSR count). The van der Waals surface area contributed by atoms with Crippen LogP contribution < -0.4 is 20.1 Å². The number of fused-ring (bicyclic) bond motifs is 4. The molecule has 0 radical (unpaired) electrons. The van der Waals surface area contributed by atoms with Crippen LogP contribution in [-0.4, -0.2) is 72.6 Å². The van der Waals surface area contributed by atoms with Crippen LogP contribution in [0.3, 0.4) is 0 Å². The lowest BCUT2D eigenvalue weighted by molar-refractivity contribution is -0.126. The molecule has 2 aromatic rings. The number of amides is 3. The number of nitrogens with zero attached hydrogens (tertiary/aromatic N) is 2. The summed E-state index contributed by atoms with van der Waals surface area (Å²) in [6, 6.07) is 7.04. The minimum atomic E-state index is -0.692. The van der Waals surface area contributed by atoms with Gasteiger partial charge in [-0.05, 0) is 60.9 Å². The van der Waals surface area contributed by atoms with Crippen molar-refractivity contribution in [1.82, 2.24) is 20.4 Å². The Hall–Kier alpha value is -3.37. The lowest BCUT2D eigenvalue weighted by Gasteiger charge is -2.32. The van der Waals surface area contributed by atoms with Crippen LogP contribution in [0.5, 0.6) is 11.5 Å². The zero-order valence-corrected chi connectivity index (χ0v) is 24.1. The normalized spacial score (nSPS) is 22.4. The molecule has 3 amide bonds. The second-order valence-corrected chi connectivity index (χ2v) is 11.7. The highest BCUT2D eigenvalue weighted by atomic mass is 35.5. The van der Waals surface area contributed by atoms with Gasteiger partial charge in [-0.25, -0.2) is 4.39 Å². The molecule has 11 heteroatoms. The van der Waals surface area contributed by atoms with E-state index in [0.29, 0.717) is 68.4 Å². The zero-order valence-electron chi connectivity index (χ0n) is 23.4. The van der Waals surface area contributed by atoms with Crippen LogP contribution in [0.4, 0.5) is 4.39 Å².